The Morgan fingerprint density at radius 3 is 3.00 bits per heavy atom. The highest BCUT2D eigenvalue weighted by molar-refractivity contribution is 7.17. The van der Waals surface area contributed by atoms with E-state index in [9.17, 15) is 4.79 Å². The molecule has 0 fully saturated rings. The van der Waals surface area contributed by atoms with E-state index >= 15 is 0 Å². The Labute approximate surface area is 68.3 Å². The molecule has 1 nitrogen and oxygen atoms in total. The molecule has 0 aliphatic rings. The smallest absolute Gasteiger partial charge is 0.233 e. The molecule has 11 heavy (non-hydrogen) atoms. The third-order valence-electron chi connectivity index (χ3n) is 1.57. The summed E-state index contributed by atoms with van der Waals surface area (Å²) in [6, 6.07) is 7.61. The zero-order valence-corrected chi connectivity index (χ0v) is 6.52. The molecule has 0 bridgehead atoms. The standard InChI is InChI=1S/C9H5OS/c10-6-7-1-2-8-3-4-11-9(8)5-7/h1-5H. The van der Waals surface area contributed by atoms with E-state index in [0.717, 1.165) is 4.70 Å². The van der Waals surface area contributed by atoms with Crippen molar-refractivity contribution in [1.29, 1.82) is 0 Å². The van der Waals surface area contributed by atoms with Crippen LogP contribution in [0, 0.1) is 0 Å². The fraction of sp³-hybridized carbons (Fsp3) is 0. The zero-order chi connectivity index (χ0) is 7.68. The van der Waals surface area contributed by atoms with Crippen molar-refractivity contribution >= 4 is 27.7 Å². The largest absolute Gasteiger partial charge is 0.285 e. The van der Waals surface area contributed by atoms with Gasteiger partial charge in [0.25, 0.3) is 0 Å². The van der Waals surface area contributed by atoms with Crippen LogP contribution in [-0.4, -0.2) is 6.29 Å². The maximum atomic E-state index is 10.3. The van der Waals surface area contributed by atoms with Gasteiger partial charge in [-0.05, 0) is 22.9 Å². The highest BCUT2D eigenvalue weighted by Crippen LogP contribution is 2.20. The predicted molar refractivity (Wildman–Crippen MR) is 46.6 cm³/mol. The van der Waals surface area contributed by atoms with Crippen molar-refractivity contribution in [2.45, 2.75) is 0 Å². The molecule has 0 unspecified atom stereocenters. The lowest BCUT2D eigenvalue weighted by Gasteiger charge is -1.88. The molecular formula is C9H5OS. The summed E-state index contributed by atoms with van der Waals surface area (Å²) in [5.74, 6) is 0. The molecule has 2 rings (SSSR count). The van der Waals surface area contributed by atoms with Crippen LogP contribution < -0.4 is 0 Å². The van der Waals surface area contributed by atoms with Crippen LogP contribution in [0.25, 0.3) is 10.1 Å². The molecule has 0 N–H and O–H groups in total. The molecule has 1 aromatic heterocycles. The lowest BCUT2D eigenvalue weighted by molar-refractivity contribution is 0.563. The van der Waals surface area contributed by atoms with Gasteiger partial charge in [-0.3, -0.25) is 4.79 Å². The van der Waals surface area contributed by atoms with Crippen LogP contribution in [0.5, 0.6) is 0 Å². The Morgan fingerprint density at radius 1 is 1.27 bits per heavy atom. The SMILES string of the molecule is O=[C]c1ccc2ccsc2c1. The van der Waals surface area contributed by atoms with Crippen molar-refractivity contribution < 1.29 is 4.79 Å². The van der Waals surface area contributed by atoms with Crippen LogP contribution in [0.4, 0.5) is 0 Å². The van der Waals surface area contributed by atoms with Gasteiger partial charge >= 0.3 is 0 Å². The summed E-state index contributed by atoms with van der Waals surface area (Å²) >= 11 is 1.64. The Balaban J connectivity index is 2.76. The second-order valence-corrected chi connectivity index (χ2v) is 3.22. The first-order valence-electron chi connectivity index (χ1n) is 3.25. The van der Waals surface area contributed by atoms with Gasteiger partial charge < -0.3 is 0 Å². The molecule has 2 heteroatoms. The predicted octanol–water partition coefficient (Wildman–Crippen LogP) is 2.36. The van der Waals surface area contributed by atoms with E-state index in [4.69, 9.17) is 0 Å². The van der Waals surface area contributed by atoms with Gasteiger partial charge in [-0.2, -0.15) is 0 Å². The maximum Gasteiger partial charge on any atom is 0.233 e. The highest BCUT2D eigenvalue weighted by atomic mass is 32.1. The lowest BCUT2D eigenvalue weighted by Crippen LogP contribution is -1.75. The molecule has 1 heterocycles. The van der Waals surface area contributed by atoms with Crippen LogP contribution in [0.1, 0.15) is 5.56 Å². The minimum absolute atomic E-state index is 0.625. The van der Waals surface area contributed by atoms with E-state index in [-0.39, 0.29) is 0 Å². The molecule has 0 aliphatic carbocycles. The Morgan fingerprint density at radius 2 is 2.18 bits per heavy atom. The van der Waals surface area contributed by atoms with Crippen molar-refractivity contribution in [3.05, 3.63) is 35.2 Å². The van der Waals surface area contributed by atoms with E-state index in [0.29, 0.717) is 5.56 Å². The molecule has 1 aromatic carbocycles. The molecule has 2 aromatic rings. The molecule has 0 atom stereocenters. The minimum Gasteiger partial charge on any atom is -0.285 e. The molecule has 0 spiro atoms. The first kappa shape index (κ1) is 6.55. The summed E-state index contributed by atoms with van der Waals surface area (Å²) in [6.07, 6.45) is 1.87. The molecule has 0 saturated heterocycles. The summed E-state index contributed by atoms with van der Waals surface area (Å²) in [7, 11) is 0. The summed E-state index contributed by atoms with van der Waals surface area (Å²) in [5, 5.41) is 3.20. The number of carbonyl (C=O) groups excluding carboxylic acids is 1. The Bertz CT molecular complexity index is 389. The van der Waals surface area contributed by atoms with Crippen LogP contribution >= 0.6 is 11.3 Å². The van der Waals surface area contributed by atoms with Gasteiger partial charge in [-0.1, -0.05) is 12.1 Å². The molecule has 0 saturated carbocycles. The third kappa shape index (κ3) is 1.05. The van der Waals surface area contributed by atoms with Gasteiger partial charge in [-0.25, -0.2) is 0 Å². The fourth-order valence-electron chi connectivity index (χ4n) is 1.02. The van der Waals surface area contributed by atoms with Gasteiger partial charge in [-0.15, -0.1) is 11.3 Å². The average molecular weight is 161 g/mol. The number of rotatable bonds is 1. The second kappa shape index (κ2) is 2.47. The van der Waals surface area contributed by atoms with Crippen LogP contribution in [0.2, 0.25) is 0 Å². The first-order valence-corrected chi connectivity index (χ1v) is 4.13. The average Bonchev–Trinajstić information content (AvgIpc) is 2.50. The van der Waals surface area contributed by atoms with Crippen molar-refractivity contribution in [2.24, 2.45) is 0 Å². The van der Waals surface area contributed by atoms with Crippen molar-refractivity contribution in [1.82, 2.24) is 0 Å². The maximum absolute atomic E-state index is 10.3. The lowest BCUT2D eigenvalue weighted by atomic mass is 10.2. The van der Waals surface area contributed by atoms with Crippen LogP contribution in [0.15, 0.2) is 29.6 Å². The Hall–Kier alpha value is -1.15. The quantitative estimate of drug-likeness (QED) is 0.627. The summed E-state index contributed by atoms with van der Waals surface area (Å²) in [6.45, 7) is 0. The molecule has 0 aliphatic heterocycles. The van der Waals surface area contributed by atoms with E-state index in [1.54, 1.807) is 17.4 Å². The minimum atomic E-state index is 0.625. The zero-order valence-electron chi connectivity index (χ0n) is 5.70. The number of hydrogen-bond acceptors (Lipinski definition) is 2. The van der Waals surface area contributed by atoms with E-state index in [1.165, 1.54) is 5.39 Å². The first-order chi connectivity index (χ1) is 5.40. The van der Waals surface area contributed by atoms with Gasteiger partial charge in [0.15, 0.2) is 0 Å². The van der Waals surface area contributed by atoms with Gasteiger partial charge in [0.05, 0.1) is 0 Å². The van der Waals surface area contributed by atoms with Crippen molar-refractivity contribution in [3.63, 3.8) is 0 Å². The van der Waals surface area contributed by atoms with Crippen molar-refractivity contribution in [2.75, 3.05) is 0 Å². The molecule has 53 valence electrons. The monoisotopic (exact) mass is 161 g/mol. The number of benzene rings is 1. The second-order valence-electron chi connectivity index (χ2n) is 2.28. The molecule has 1 radical (unpaired) electrons. The van der Waals surface area contributed by atoms with Crippen LogP contribution in [-0.2, 0) is 4.79 Å². The summed E-state index contributed by atoms with van der Waals surface area (Å²) in [4.78, 5) is 10.3. The number of fused-ring (bicyclic) bond motifs is 1. The third-order valence-corrected chi connectivity index (χ3v) is 2.45. The van der Waals surface area contributed by atoms with E-state index in [2.05, 4.69) is 0 Å². The van der Waals surface area contributed by atoms with Crippen LogP contribution in [0.3, 0.4) is 0 Å². The van der Waals surface area contributed by atoms with Gasteiger partial charge in [0, 0.05) is 10.3 Å². The van der Waals surface area contributed by atoms with Gasteiger partial charge in [0.1, 0.15) is 0 Å². The summed E-state index contributed by atoms with van der Waals surface area (Å²) in [5.41, 5.74) is 0.625. The summed E-state index contributed by atoms with van der Waals surface area (Å²) < 4.78 is 1.14. The Kier molecular flexibility index (Phi) is 1.47. The van der Waals surface area contributed by atoms with E-state index in [1.807, 2.05) is 29.9 Å². The molecule has 0 amide bonds. The fourth-order valence-corrected chi connectivity index (χ4v) is 1.85. The van der Waals surface area contributed by atoms with Crippen molar-refractivity contribution in [3.8, 4) is 0 Å². The topological polar surface area (TPSA) is 17.1 Å². The number of thiophene rings is 1. The highest BCUT2D eigenvalue weighted by Gasteiger charge is 1.95. The van der Waals surface area contributed by atoms with Gasteiger partial charge in [0.2, 0.25) is 6.29 Å². The molecular weight excluding hydrogens is 156 g/mol. The normalized spacial score (nSPS) is 10.2. The number of hydrogen-bond donors (Lipinski definition) is 0. The van der Waals surface area contributed by atoms with E-state index < -0.39 is 0 Å².